The van der Waals surface area contributed by atoms with E-state index >= 15 is 0 Å². The van der Waals surface area contributed by atoms with Crippen LogP contribution in [0, 0.1) is 17.0 Å². The van der Waals surface area contributed by atoms with Crippen LogP contribution in [0.1, 0.15) is 59.4 Å². The Kier molecular flexibility index (Phi) is 7.82. The molecule has 0 N–H and O–H groups in total. The molecular weight excluding hydrogens is 370 g/mol. The molecule has 0 heterocycles. The summed E-state index contributed by atoms with van der Waals surface area (Å²) in [5.74, 6) is -0.747. The number of benzene rings is 1. The van der Waals surface area contributed by atoms with Gasteiger partial charge in [-0.1, -0.05) is 57.5 Å². The zero-order valence-corrected chi connectivity index (χ0v) is 18.1. The van der Waals surface area contributed by atoms with E-state index in [2.05, 4.69) is 32.9 Å². The van der Waals surface area contributed by atoms with E-state index in [4.69, 9.17) is 9.47 Å². The molecule has 1 aromatic carbocycles. The van der Waals surface area contributed by atoms with Gasteiger partial charge in [-0.2, -0.15) is 4.74 Å². The highest BCUT2D eigenvalue weighted by Crippen LogP contribution is 2.43. The van der Waals surface area contributed by atoms with E-state index < -0.39 is 18.5 Å². The molecule has 1 saturated carbocycles. The quantitative estimate of drug-likeness (QED) is 0.227. The van der Waals surface area contributed by atoms with Gasteiger partial charge in [-0.3, -0.25) is 0 Å². The minimum absolute atomic E-state index is 0.132. The lowest BCUT2D eigenvalue weighted by molar-refractivity contribution is -0.448. The van der Waals surface area contributed by atoms with Crippen molar-refractivity contribution in [1.29, 1.82) is 0 Å². The van der Waals surface area contributed by atoms with Crippen LogP contribution in [0.5, 0.6) is 0 Å². The molecule has 0 bridgehead atoms. The number of ether oxygens (including phenoxy) is 2. The van der Waals surface area contributed by atoms with Crippen molar-refractivity contribution in [3.8, 4) is 0 Å². The Morgan fingerprint density at radius 2 is 1.86 bits per heavy atom. The molecule has 0 aromatic heterocycles. The van der Waals surface area contributed by atoms with E-state index in [0.29, 0.717) is 10.7 Å². The number of rotatable bonds is 7. The molecule has 1 aromatic rings. The maximum Gasteiger partial charge on any atom is 0.399 e. The number of esters is 2. The smallest absolute Gasteiger partial charge is 0.399 e. The second-order valence-electron chi connectivity index (χ2n) is 8.48. The van der Waals surface area contributed by atoms with E-state index in [1.165, 1.54) is 12.5 Å². The molecule has 6 nitrogen and oxygen atoms in total. The predicted octanol–water partition coefficient (Wildman–Crippen LogP) is 3.85. The lowest BCUT2D eigenvalue weighted by Crippen LogP contribution is -2.44. The van der Waals surface area contributed by atoms with Gasteiger partial charge in [0, 0.05) is 12.8 Å². The van der Waals surface area contributed by atoms with Crippen LogP contribution in [0.2, 0.25) is 0 Å². The third kappa shape index (κ3) is 5.81. The molecule has 0 spiro atoms. The fourth-order valence-corrected chi connectivity index (χ4v) is 4.13. The highest BCUT2D eigenvalue weighted by molar-refractivity contribution is 6.33. The fourth-order valence-electron chi connectivity index (χ4n) is 4.13. The summed E-state index contributed by atoms with van der Waals surface area (Å²) in [5.41, 5.74) is 0.893. The van der Waals surface area contributed by atoms with Crippen molar-refractivity contribution in [3.63, 3.8) is 0 Å². The first-order valence-electron chi connectivity index (χ1n) is 10.4. The summed E-state index contributed by atoms with van der Waals surface area (Å²) in [4.78, 5) is 24.2. The molecule has 0 aliphatic heterocycles. The average molecular weight is 404 g/mol. The minimum Gasteiger partial charge on any atom is -0.623 e. The number of carbonyl (C=O) groups is 2. The zero-order valence-electron chi connectivity index (χ0n) is 18.1. The van der Waals surface area contributed by atoms with Gasteiger partial charge < -0.3 is 14.7 Å². The van der Waals surface area contributed by atoms with Crippen molar-refractivity contribution < 1.29 is 23.8 Å². The van der Waals surface area contributed by atoms with Crippen molar-refractivity contribution in [1.82, 2.24) is 0 Å². The van der Waals surface area contributed by atoms with Gasteiger partial charge in [0.15, 0.2) is 0 Å². The Morgan fingerprint density at radius 3 is 2.48 bits per heavy atom. The highest BCUT2D eigenvalue weighted by atomic mass is 16.6. The summed E-state index contributed by atoms with van der Waals surface area (Å²) < 4.78 is 11.0. The van der Waals surface area contributed by atoms with Crippen LogP contribution < -0.4 is 0 Å². The number of hydrogen-bond donors (Lipinski definition) is 0. The second kappa shape index (κ2) is 9.90. The number of nitrogens with zero attached hydrogens (tertiary/aromatic N) is 1. The fraction of sp³-hybridized carbons (Fsp3) is 0.609. The first-order valence-corrected chi connectivity index (χ1v) is 10.4. The van der Waals surface area contributed by atoms with Crippen molar-refractivity contribution in [2.75, 3.05) is 13.2 Å². The van der Waals surface area contributed by atoms with Gasteiger partial charge in [-0.15, -0.1) is 0 Å². The Morgan fingerprint density at radius 1 is 1.21 bits per heavy atom. The van der Waals surface area contributed by atoms with E-state index in [-0.39, 0.29) is 29.8 Å². The van der Waals surface area contributed by atoms with Crippen LogP contribution in [0.15, 0.2) is 30.3 Å². The normalized spacial score (nSPS) is 23.1. The molecule has 0 radical (unpaired) electrons. The Hall–Kier alpha value is -2.37. The van der Waals surface area contributed by atoms with Crippen LogP contribution in [0.4, 0.5) is 0 Å². The highest BCUT2D eigenvalue weighted by Gasteiger charge is 2.42. The third-order valence-corrected chi connectivity index (χ3v) is 6.00. The number of carbonyl (C=O) groups excluding carboxylic acids is 2. The summed E-state index contributed by atoms with van der Waals surface area (Å²) in [6.45, 7) is 9.24. The summed E-state index contributed by atoms with van der Waals surface area (Å²) in [7, 11) is 0. The molecule has 0 unspecified atom stereocenters. The Balaban J connectivity index is 2.18. The summed E-state index contributed by atoms with van der Waals surface area (Å²) in [5, 5.41) is 12.2. The molecule has 1 aliphatic carbocycles. The van der Waals surface area contributed by atoms with Crippen molar-refractivity contribution in [3.05, 3.63) is 41.1 Å². The molecule has 2 rings (SSSR count). The van der Waals surface area contributed by atoms with Gasteiger partial charge >= 0.3 is 11.9 Å². The number of hydroxylamine groups is 1. The van der Waals surface area contributed by atoms with Crippen LogP contribution in [0.3, 0.4) is 0 Å². The Labute approximate surface area is 173 Å². The standard InChI is InChI=1S/C23H33NO5/c1-6-28-21(25)15-24(27)17(3)22(26)29-20-14-16(2)12-13-19(20)23(4,5)18-10-8-7-9-11-18/h7-11,16,19-20H,6,12-15H2,1-5H3/b24-17+/t16-,19-,20-/m1/s1. The van der Waals surface area contributed by atoms with Crippen LogP contribution in [-0.4, -0.2) is 41.6 Å². The summed E-state index contributed by atoms with van der Waals surface area (Å²) in [6.07, 6.45) is 2.50. The van der Waals surface area contributed by atoms with E-state index in [1.807, 2.05) is 18.2 Å². The molecule has 1 aliphatic rings. The minimum atomic E-state index is -0.669. The summed E-state index contributed by atoms with van der Waals surface area (Å²) >= 11 is 0. The van der Waals surface area contributed by atoms with E-state index in [1.54, 1.807) is 6.92 Å². The zero-order chi connectivity index (χ0) is 21.6. The summed E-state index contributed by atoms with van der Waals surface area (Å²) in [6, 6.07) is 10.2. The van der Waals surface area contributed by atoms with E-state index in [9.17, 15) is 14.8 Å². The van der Waals surface area contributed by atoms with Crippen LogP contribution >= 0.6 is 0 Å². The molecule has 1 fully saturated rings. The van der Waals surface area contributed by atoms with Crippen molar-refractivity contribution in [2.24, 2.45) is 11.8 Å². The van der Waals surface area contributed by atoms with Crippen molar-refractivity contribution >= 4 is 17.7 Å². The molecule has 0 saturated heterocycles. The monoisotopic (exact) mass is 403 g/mol. The topological polar surface area (TPSA) is 78.7 Å². The SMILES string of the molecule is CCOC(=O)C/[N+]([O-])=C(/C)C(=O)O[C@@H]1C[C@H](C)CC[C@H]1C(C)(C)c1ccccc1. The number of hydrogen-bond acceptors (Lipinski definition) is 5. The first kappa shape index (κ1) is 22.9. The largest absolute Gasteiger partial charge is 0.623 e. The average Bonchev–Trinajstić information content (AvgIpc) is 2.68. The second-order valence-corrected chi connectivity index (χ2v) is 8.48. The lowest BCUT2D eigenvalue weighted by Gasteiger charge is -2.43. The maximum absolute atomic E-state index is 12.7. The third-order valence-electron chi connectivity index (χ3n) is 6.00. The molecule has 0 amide bonds. The van der Waals surface area contributed by atoms with Gasteiger partial charge in [-0.25, -0.2) is 9.59 Å². The van der Waals surface area contributed by atoms with Gasteiger partial charge in [0.1, 0.15) is 6.10 Å². The lowest BCUT2D eigenvalue weighted by atomic mass is 9.64. The maximum atomic E-state index is 12.7. The predicted molar refractivity (Wildman–Crippen MR) is 112 cm³/mol. The molecule has 3 atom stereocenters. The van der Waals surface area contributed by atoms with Gasteiger partial charge in [0.2, 0.25) is 6.54 Å². The Bertz CT molecular complexity index is 741. The van der Waals surface area contributed by atoms with Gasteiger partial charge in [0.05, 0.1) is 6.61 Å². The first-order chi connectivity index (χ1) is 13.7. The van der Waals surface area contributed by atoms with E-state index in [0.717, 1.165) is 19.3 Å². The van der Waals surface area contributed by atoms with Gasteiger partial charge in [0.25, 0.3) is 5.71 Å². The van der Waals surface area contributed by atoms with Crippen LogP contribution in [0.25, 0.3) is 0 Å². The molecule has 160 valence electrons. The van der Waals surface area contributed by atoms with Crippen molar-refractivity contribution in [2.45, 2.75) is 65.4 Å². The van der Waals surface area contributed by atoms with Gasteiger partial charge in [-0.05, 0) is 36.7 Å². The molecule has 6 heteroatoms. The molecular formula is C23H33NO5. The molecule has 29 heavy (non-hydrogen) atoms. The van der Waals surface area contributed by atoms with Crippen LogP contribution in [-0.2, 0) is 24.5 Å².